The molecule has 1 atom stereocenters. The van der Waals surface area contributed by atoms with Crippen LogP contribution >= 0.6 is 11.8 Å². The molecule has 1 unspecified atom stereocenters. The number of nitrogens with zero attached hydrogens (tertiary/aromatic N) is 3. The zero-order chi connectivity index (χ0) is 26.4. The number of fused-ring (bicyclic) bond motifs is 1. The largest absolute Gasteiger partial charge is 0.497 e. The average molecular weight is 532 g/mol. The number of hydrogen-bond acceptors (Lipinski definition) is 6. The molecule has 1 aliphatic carbocycles. The second-order valence-corrected chi connectivity index (χ2v) is 12.4. The summed E-state index contributed by atoms with van der Waals surface area (Å²) >= 11 is 2.10. The molecule has 1 aliphatic heterocycles. The number of thioether (sulfide) groups is 1. The van der Waals surface area contributed by atoms with Crippen molar-refractivity contribution in [2.75, 3.05) is 51.5 Å². The lowest BCUT2D eigenvalue weighted by Gasteiger charge is -2.41. The fourth-order valence-electron chi connectivity index (χ4n) is 6.06. The molecule has 6 nitrogen and oxygen atoms in total. The van der Waals surface area contributed by atoms with E-state index in [0.29, 0.717) is 24.2 Å². The van der Waals surface area contributed by atoms with Gasteiger partial charge in [0.25, 0.3) is 0 Å². The van der Waals surface area contributed by atoms with Crippen molar-refractivity contribution >= 4 is 34.3 Å². The molecule has 1 saturated carbocycles. The third-order valence-electron chi connectivity index (χ3n) is 8.33. The number of aromatic nitrogens is 1. The second kappa shape index (κ2) is 12.7. The number of carboxylic acids is 1. The lowest BCUT2D eigenvalue weighted by molar-refractivity contribution is -0.141. The van der Waals surface area contributed by atoms with Gasteiger partial charge in [-0.3, -0.25) is 9.78 Å². The molecule has 37 heavy (non-hydrogen) atoms. The Bertz CT molecular complexity index is 1050. The average Bonchev–Trinajstić information content (AvgIpc) is 3.40. The van der Waals surface area contributed by atoms with E-state index in [1.165, 1.54) is 25.7 Å². The van der Waals surface area contributed by atoms with Crippen molar-refractivity contribution in [2.24, 2.45) is 5.41 Å². The van der Waals surface area contributed by atoms with Gasteiger partial charge in [-0.15, -0.1) is 0 Å². The summed E-state index contributed by atoms with van der Waals surface area (Å²) in [6.07, 6.45) is 8.53. The molecule has 2 fully saturated rings. The summed E-state index contributed by atoms with van der Waals surface area (Å²) in [5, 5.41) is 11.3. The molecule has 1 aromatic carbocycles. The van der Waals surface area contributed by atoms with Gasteiger partial charge < -0.3 is 19.6 Å². The van der Waals surface area contributed by atoms with E-state index in [0.717, 1.165) is 60.1 Å². The second-order valence-electron chi connectivity index (χ2n) is 11.0. The molecule has 204 valence electrons. The number of pyridine rings is 1. The van der Waals surface area contributed by atoms with Gasteiger partial charge in [-0.05, 0) is 75.2 Å². The van der Waals surface area contributed by atoms with Crippen LogP contribution in [-0.2, 0) is 4.79 Å². The first-order chi connectivity index (χ1) is 17.8. The smallest absolute Gasteiger partial charge is 0.303 e. The number of alkyl halides is 1. The number of halogens is 1. The first-order valence-electron chi connectivity index (χ1n) is 13.6. The Morgan fingerprint density at radius 3 is 2.68 bits per heavy atom. The third kappa shape index (κ3) is 7.08. The highest BCUT2D eigenvalue weighted by molar-refractivity contribution is 7.99. The highest BCUT2D eigenvalue weighted by atomic mass is 32.2. The van der Waals surface area contributed by atoms with Gasteiger partial charge in [-0.1, -0.05) is 12.8 Å². The van der Waals surface area contributed by atoms with Crippen LogP contribution in [0.15, 0.2) is 24.4 Å². The van der Waals surface area contributed by atoms with Gasteiger partial charge >= 0.3 is 5.97 Å². The topological polar surface area (TPSA) is 65.9 Å². The van der Waals surface area contributed by atoms with E-state index < -0.39 is 12.1 Å². The van der Waals surface area contributed by atoms with E-state index in [-0.39, 0.29) is 11.8 Å². The third-order valence-corrected chi connectivity index (χ3v) is 9.69. The Balaban J connectivity index is 1.44. The van der Waals surface area contributed by atoms with E-state index in [2.05, 4.69) is 21.6 Å². The quantitative estimate of drug-likeness (QED) is 0.343. The van der Waals surface area contributed by atoms with Gasteiger partial charge in [0.05, 0.1) is 30.9 Å². The number of aliphatic carboxylic acids is 1. The Morgan fingerprint density at radius 1 is 1.30 bits per heavy atom. The van der Waals surface area contributed by atoms with E-state index in [4.69, 9.17) is 4.74 Å². The number of rotatable bonds is 12. The van der Waals surface area contributed by atoms with Crippen LogP contribution in [0.2, 0.25) is 0 Å². The Kier molecular flexibility index (Phi) is 9.57. The Hall–Kier alpha value is -2.06. The van der Waals surface area contributed by atoms with Crippen molar-refractivity contribution in [1.82, 2.24) is 9.88 Å². The number of piperidine rings is 1. The lowest BCUT2D eigenvalue weighted by atomic mass is 9.71. The van der Waals surface area contributed by atoms with Crippen LogP contribution < -0.4 is 9.64 Å². The summed E-state index contributed by atoms with van der Waals surface area (Å²) in [7, 11) is 5.39. The van der Waals surface area contributed by atoms with E-state index >= 15 is 4.39 Å². The Labute approximate surface area is 224 Å². The van der Waals surface area contributed by atoms with Crippen LogP contribution in [-0.4, -0.2) is 72.8 Å². The molecule has 1 N–H and O–H groups in total. The van der Waals surface area contributed by atoms with E-state index in [1.807, 2.05) is 37.2 Å². The summed E-state index contributed by atoms with van der Waals surface area (Å²) in [5.74, 6) is 1.03. The van der Waals surface area contributed by atoms with Crippen LogP contribution in [0.4, 0.5) is 10.1 Å². The minimum absolute atomic E-state index is 0.107. The molecule has 2 aliphatic rings. The lowest BCUT2D eigenvalue weighted by Crippen LogP contribution is -2.42. The normalized spacial score (nSPS) is 19.2. The van der Waals surface area contributed by atoms with Crippen molar-refractivity contribution in [3.05, 3.63) is 30.0 Å². The number of benzene rings is 1. The van der Waals surface area contributed by atoms with Gasteiger partial charge in [0.15, 0.2) is 0 Å². The predicted octanol–water partition coefficient (Wildman–Crippen LogP) is 6.33. The van der Waals surface area contributed by atoms with Gasteiger partial charge in [0.2, 0.25) is 0 Å². The van der Waals surface area contributed by atoms with Crippen LogP contribution in [0.3, 0.4) is 0 Å². The molecule has 0 radical (unpaired) electrons. The van der Waals surface area contributed by atoms with Crippen LogP contribution in [0.1, 0.15) is 69.5 Å². The zero-order valence-corrected chi connectivity index (χ0v) is 23.4. The number of ether oxygens (including phenoxy) is 1. The molecule has 0 bridgehead atoms. The molecule has 2 aromatic rings. The van der Waals surface area contributed by atoms with Crippen molar-refractivity contribution in [2.45, 2.75) is 69.2 Å². The van der Waals surface area contributed by atoms with Crippen LogP contribution in [0.25, 0.3) is 10.9 Å². The maximum absolute atomic E-state index is 16.1. The summed E-state index contributed by atoms with van der Waals surface area (Å²) in [5.41, 5.74) is 1.73. The Morgan fingerprint density at radius 2 is 2.03 bits per heavy atom. The van der Waals surface area contributed by atoms with Gasteiger partial charge in [0.1, 0.15) is 11.9 Å². The molecule has 0 spiro atoms. The summed E-state index contributed by atoms with van der Waals surface area (Å²) in [4.78, 5) is 20.7. The fourth-order valence-corrected chi connectivity index (χ4v) is 7.43. The van der Waals surface area contributed by atoms with Gasteiger partial charge in [-0.25, -0.2) is 4.39 Å². The monoisotopic (exact) mass is 531 g/mol. The highest BCUT2D eigenvalue weighted by Gasteiger charge is 2.37. The van der Waals surface area contributed by atoms with Gasteiger partial charge in [0, 0.05) is 42.6 Å². The van der Waals surface area contributed by atoms with Crippen molar-refractivity contribution in [3.63, 3.8) is 0 Å². The summed E-state index contributed by atoms with van der Waals surface area (Å²) < 4.78 is 21.5. The highest BCUT2D eigenvalue weighted by Crippen LogP contribution is 2.44. The van der Waals surface area contributed by atoms with Crippen molar-refractivity contribution in [3.8, 4) is 5.75 Å². The molecular weight excluding hydrogens is 489 g/mol. The molecule has 4 rings (SSSR count). The minimum atomic E-state index is -1.22. The first kappa shape index (κ1) is 28.0. The van der Waals surface area contributed by atoms with Gasteiger partial charge in [-0.2, -0.15) is 11.8 Å². The molecule has 1 aromatic heterocycles. The maximum Gasteiger partial charge on any atom is 0.303 e. The SMILES string of the molecule is COc1ccc2ncc(N(C)C)c(C(F)CCC3(CC(=O)O)CCN(CCSC4CCCC4)CC3)c2c1. The molecule has 8 heteroatoms. The number of methoxy groups -OCH3 is 1. The standard InChI is InChI=1S/C29H42FN3O3S/c1-32(2)26-20-31-25-9-8-21(36-3)18-23(25)28(26)24(30)10-11-29(19-27(34)35)12-14-33(15-13-29)16-17-37-22-6-4-5-7-22/h8-9,18,20,22,24H,4-7,10-17,19H2,1-3H3,(H,34,35). The van der Waals surface area contributed by atoms with Crippen LogP contribution in [0, 0.1) is 5.41 Å². The minimum Gasteiger partial charge on any atom is -0.497 e. The molecular formula is C29H42FN3O3S. The fraction of sp³-hybridized carbons (Fsp3) is 0.655. The summed E-state index contributed by atoms with van der Waals surface area (Å²) in [6, 6.07) is 5.55. The predicted molar refractivity (Wildman–Crippen MR) is 151 cm³/mol. The number of anilines is 1. The van der Waals surface area contributed by atoms with E-state index in [9.17, 15) is 9.90 Å². The van der Waals surface area contributed by atoms with Crippen molar-refractivity contribution in [1.29, 1.82) is 0 Å². The maximum atomic E-state index is 16.1. The molecule has 2 heterocycles. The van der Waals surface area contributed by atoms with E-state index in [1.54, 1.807) is 13.3 Å². The number of likely N-dealkylation sites (tertiary alicyclic amines) is 1. The summed E-state index contributed by atoms with van der Waals surface area (Å²) in [6.45, 7) is 2.86. The molecule has 1 saturated heterocycles. The number of carbonyl (C=O) groups is 1. The number of carboxylic acid groups (broad SMARTS) is 1. The number of hydrogen-bond donors (Lipinski definition) is 1. The first-order valence-corrected chi connectivity index (χ1v) is 14.7. The zero-order valence-electron chi connectivity index (χ0n) is 22.5. The van der Waals surface area contributed by atoms with Crippen LogP contribution in [0.5, 0.6) is 5.75 Å². The molecule has 0 amide bonds. The van der Waals surface area contributed by atoms with Crippen molar-refractivity contribution < 1.29 is 19.0 Å².